The van der Waals surface area contributed by atoms with E-state index in [0.29, 0.717) is 11.1 Å². The number of carbonyl (C=O) groups excluding carboxylic acids is 1. The largest absolute Gasteiger partial charge is 0.289 e. The molecule has 0 saturated carbocycles. The Morgan fingerprint density at radius 2 is 1.23 bits per heavy atom. The first-order valence-corrected chi connectivity index (χ1v) is 7.54. The lowest BCUT2D eigenvalue weighted by molar-refractivity contribution is 0.103. The van der Waals surface area contributed by atoms with Crippen LogP contribution in [0.15, 0.2) is 72.8 Å². The van der Waals surface area contributed by atoms with Gasteiger partial charge >= 0.3 is 0 Å². The molecule has 0 aliphatic heterocycles. The van der Waals surface area contributed by atoms with Crippen LogP contribution < -0.4 is 0 Å². The van der Waals surface area contributed by atoms with E-state index >= 15 is 0 Å². The predicted molar refractivity (Wildman–Crippen MR) is 92.6 cm³/mol. The lowest BCUT2D eigenvalue weighted by Gasteiger charge is -2.20. The highest BCUT2D eigenvalue weighted by molar-refractivity contribution is 7.81. The molecule has 0 bridgehead atoms. The quantitative estimate of drug-likeness (QED) is 0.475. The van der Waals surface area contributed by atoms with Crippen molar-refractivity contribution in [3.8, 4) is 11.1 Å². The van der Waals surface area contributed by atoms with Gasteiger partial charge in [0.25, 0.3) is 0 Å². The Labute approximate surface area is 134 Å². The lowest BCUT2D eigenvalue weighted by atomic mass is 9.83. The van der Waals surface area contributed by atoms with Crippen LogP contribution in [-0.4, -0.2) is 10.6 Å². The Bertz CT molecular complexity index is 910. The summed E-state index contributed by atoms with van der Waals surface area (Å²) in [6, 6.07) is 23.6. The van der Waals surface area contributed by atoms with Crippen molar-refractivity contribution in [3.63, 3.8) is 0 Å². The van der Waals surface area contributed by atoms with Gasteiger partial charge in [0, 0.05) is 22.3 Å². The molecule has 1 nitrogen and oxygen atoms in total. The van der Waals surface area contributed by atoms with Crippen LogP contribution in [0.25, 0.3) is 11.1 Å². The summed E-state index contributed by atoms with van der Waals surface area (Å²) in [6.07, 6.45) is 0. The second-order valence-corrected chi connectivity index (χ2v) is 5.74. The first-order valence-electron chi connectivity index (χ1n) is 7.13. The molecule has 0 saturated heterocycles. The number of thiocarbonyl (C=S) groups is 1. The van der Waals surface area contributed by atoms with Crippen molar-refractivity contribution in [1.29, 1.82) is 0 Å². The summed E-state index contributed by atoms with van der Waals surface area (Å²) in [5.74, 6) is 0.0545. The third kappa shape index (κ3) is 1.92. The van der Waals surface area contributed by atoms with Gasteiger partial charge in [0.2, 0.25) is 0 Å². The molecule has 0 unspecified atom stereocenters. The summed E-state index contributed by atoms with van der Waals surface area (Å²) in [5, 5.41) is 0. The van der Waals surface area contributed by atoms with E-state index in [1.165, 1.54) is 0 Å². The molecule has 3 aromatic carbocycles. The molecule has 0 fully saturated rings. The van der Waals surface area contributed by atoms with E-state index in [9.17, 15) is 4.79 Å². The van der Waals surface area contributed by atoms with Crippen LogP contribution in [0.4, 0.5) is 0 Å². The number of benzene rings is 3. The molecule has 0 N–H and O–H groups in total. The molecule has 0 atom stereocenters. The molecular weight excluding hydrogens is 288 g/mol. The lowest BCUT2D eigenvalue weighted by Crippen LogP contribution is -2.20. The molecular formula is C20H12OS. The zero-order chi connectivity index (χ0) is 15.1. The highest BCUT2D eigenvalue weighted by atomic mass is 32.1. The van der Waals surface area contributed by atoms with Crippen molar-refractivity contribution in [1.82, 2.24) is 0 Å². The second-order valence-electron chi connectivity index (χ2n) is 5.33. The van der Waals surface area contributed by atoms with Crippen LogP contribution >= 0.6 is 12.2 Å². The molecule has 4 rings (SSSR count). The van der Waals surface area contributed by atoms with E-state index < -0.39 is 0 Å². The minimum atomic E-state index is 0.0545. The van der Waals surface area contributed by atoms with Gasteiger partial charge in [-0.25, -0.2) is 0 Å². The maximum Gasteiger partial charge on any atom is 0.194 e. The van der Waals surface area contributed by atoms with Crippen molar-refractivity contribution in [2.75, 3.05) is 0 Å². The number of carbonyl (C=O) groups is 1. The van der Waals surface area contributed by atoms with Crippen molar-refractivity contribution in [2.24, 2.45) is 0 Å². The maximum atomic E-state index is 12.6. The molecule has 0 spiro atoms. The van der Waals surface area contributed by atoms with Crippen molar-refractivity contribution in [2.45, 2.75) is 0 Å². The summed E-state index contributed by atoms with van der Waals surface area (Å²) in [5.41, 5.74) is 5.32. The Morgan fingerprint density at radius 3 is 2.00 bits per heavy atom. The summed E-state index contributed by atoms with van der Waals surface area (Å²) in [4.78, 5) is 13.4. The molecule has 1 aliphatic carbocycles. The number of hydrogen-bond acceptors (Lipinski definition) is 2. The average molecular weight is 300 g/mol. The van der Waals surface area contributed by atoms with E-state index in [0.717, 1.165) is 27.1 Å². The summed E-state index contributed by atoms with van der Waals surface area (Å²) < 4.78 is 0. The number of fused-ring (bicyclic) bond motifs is 2. The summed E-state index contributed by atoms with van der Waals surface area (Å²) >= 11 is 5.63. The van der Waals surface area contributed by atoms with E-state index in [4.69, 9.17) is 12.2 Å². The molecule has 2 heteroatoms. The van der Waals surface area contributed by atoms with Gasteiger partial charge in [-0.2, -0.15) is 0 Å². The fourth-order valence-electron chi connectivity index (χ4n) is 2.91. The van der Waals surface area contributed by atoms with Crippen LogP contribution in [-0.2, 0) is 0 Å². The molecule has 0 aromatic heterocycles. The second kappa shape index (κ2) is 5.00. The van der Waals surface area contributed by atoms with Crippen LogP contribution in [0, 0.1) is 0 Å². The Kier molecular flexibility index (Phi) is 2.98. The first-order chi connectivity index (χ1) is 10.8. The summed E-state index contributed by atoms with van der Waals surface area (Å²) in [6.45, 7) is 0. The molecule has 1 aliphatic rings. The van der Waals surface area contributed by atoms with Gasteiger partial charge in [0.05, 0.1) is 4.86 Å². The Hall–Kier alpha value is -2.58. The molecule has 0 radical (unpaired) electrons. The fourth-order valence-corrected chi connectivity index (χ4v) is 3.26. The Morgan fingerprint density at radius 1 is 0.591 bits per heavy atom. The van der Waals surface area contributed by atoms with Crippen molar-refractivity contribution in [3.05, 3.63) is 95.1 Å². The fraction of sp³-hybridized carbons (Fsp3) is 0. The molecule has 0 heterocycles. The number of ketones is 1. The monoisotopic (exact) mass is 300 g/mol. The number of hydrogen-bond donors (Lipinski definition) is 0. The smallest absolute Gasteiger partial charge is 0.194 e. The average Bonchev–Trinajstić information content (AvgIpc) is 2.60. The third-order valence-corrected chi connectivity index (χ3v) is 4.47. The maximum absolute atomic E-state index is 12.6. The minimum absolute atomic E-state index is 0.0545. The third-order valence-electron chi connectivity index (χ3n) is 4.03. The highest BCUT2D eigenvalue weighted by Crippen LogP contribution is 2.31. The van der Waals surface area contributed by atoms with Gasteiger partial charge in [0.15, 0.2) is 5.78 Å². The van der Waals surface area contributed by atoms with Gasteiger partial charge in [-0.05, 0) is 23.3 Å². The Balaban J connectivity index is 1.91. The molecule has 0 amide bonds. The van der Waals surface area contributed by atoms with E-state index in [1.54, 1.807) is 0 Å². The van der Waals surface area contributed by atoms with E-state index in [2.05, 4.69) is 12.1 Å². The van der Waals surface area contributed by atoms with Gasteiger partial charge in [-0.1, -0.05) is 72.9 Å². The van der Waals surface area contributed by atoms with Crippen molar-refractivity contribution < 1.29 is 4.79 Å². The van der Waals surface area contributed by atoms with Crippen LogP contribution in [0.2, 0.25) is 0 Å². The van der Waals surface area contributed by atoms with Gasteiger partial charge in [-0.15, -0.1) is 0 Å². The van der Waals surface area contributed by atoms with E-state index in [1.807, 2.05) is 60.7 Å². The minimum Gasteiger partial charge on any atom is -0.289 e. The predicted octanol–water partition coefficient (Wildman–Crippen LogP) is 4.66. The van der Waals surface area contributed by atoms with Gasteiger partial charge in [0.1, 0.15) is 0 Å². The molecule has 22 heavy (non-hydrogen) atoms. The molecule has 104 valence electrons. The van der Waals surface area contributed by atoms with Crippen LogP contribution in [0.1, 0.15) is 27.0 Å². The topological polar surface area (TPSA) is 17.1 Å². The zero-order valence-corrected chi connectivity index (χ0v) is 12.6. The van der Waals surface area contributed by atoms with E-state index in [-0.39, 0.29) is 5.78 Å². The van der Waals surface area contributed by atoms with Gasteiger partial charge < -0.3 is 0 Å². The zero-order valence-electron chi connectivity index (χ0n) is 11.7. The number of rotatable bonds is 1. The standard InChI is InChI=1S/C20H12OS/c21-19-15-8-4-5-9-17(15)20(22)18-12-14(10-11-16(18)19)13-6-2-1-3-7-13/h1-12H. The van der Waals surface area contributed by atoms with Crippen LogP contribution in [0.5, 0.6) is 0 Å². The first kappa shape index (κ1) is 13.1. The molecule has 3 aromatic rings. The van der Waals surface area contributed by atoms with Crippen molar-refractivity contribution >= 4 is 22.9 Å². The normalized spacial score (nSPS) is 12.7. The van der Waals surface area contributed by atoms with Crippen LogP contribution in [0.3, 0.4) is 0 Å². The van der Waals surface area contributed by atoms with Gasteiger partial charge in [-0.3, -0.25) is 4.79 Å². The highest BCUT2D eigenvalue weighted by Gasteiger charge is 2.26. The SMILES string of the molecule is O=C1c2ccccc2C(=S)c2cc(-c3ccccc3)ccc21. The summed E-state index contributed by atoms with van der Waals surface area (Å²) in [7, 11) is 0.